The van der Waals surface area contributed by atoms with E-state index in [1.165, 1.54) is 0 Å². The minimum atomic E-state index is -0.633. The summed E-state index contributed by atoms with van der Waals surface area (Å²) < 4.78 is 0. The summed E-state index contributed by atoms with van der Waals surface area (Å²) in [6.07, 6.45) is 5.94. The Morgan fingerprint density at radius 3 is 2.59 bits per heavy atom. The van der Waals surface area contributed by atoms with Gasteiger partial charge in [0.2, 0.25) is 0 Å². The second-order valence-electron chi connectivity index (χ2n) is 7.15. The Morgan fingerprint density at radius 2 is 2.00 bits per heavy atom. The van der Waals surface area contributed by atoms with Crippen LogP contribution in [0.4, 0.5) is 0 Å². The van der Waals surface area contributed by atoms with Crippen LogP contribution in [0.1, 0.15) is 51.9 Å². The van der Waals surface area contributed by atoms with E-state index >= 15 is 0 Å². The van der Waals surface area contributed by atoms with Gasteiger partial charge in [-0.15, -0.1) is 0 Å². The number of aliphatic hydroxyl groups is 3. The van der Waals surface area contributed by atoms with E-state index in [0.717, 1.165) is 44.9 Å². The molecule has 5 atom stereocenters. The Balaban J connectivity index is 2.02. The molecule has 3 saturated carbocycles. The van der Waals surface area contributed by atoms with Crippen LogP contribution in [0, 0.1) is 16.7 Å². The third-order valence-corrected chi connectivity index (χ3v) is 6.01. The van der Waals surface area contributed by atoms with Gasteiger partial charge in [-0.25, -0.2) is 0 Å². The highest BCUT2D eigenvalue weighted by Crippen LogP contribution is 2.64. The number of aliphatic hydroxyl groups excluding tert-OH is 2. The van der Waals surface area contributed by atoms with Crippen LogP contribution in [-0.2, 0) is 0 Å². The summed E-state index contributed by atoms with van der Waals surface area (Å²) >= 11 is 0. The Morgan fingerprint density at radius 1 is 1.24 bits per heavy atom. The van der Waals surface area contributed by atoms with Gasteiger partial charge in [-0.3, -0.25) is 0 Å². The smallest absolute Gasteiger partial charge is 0.0688 e. The van der Waals surface area contributed by atoms with Gasteiger partial charge in [0.1, 0.15) is 0 Å². The fourth-order valence-corrected chi connectivity index (χ4v) is 5.04. The number of hydrogen-bond acceptors (Lipinski definition) is 3. The van der Waals surface area contributed by atoms with E-state index < -0.39 is 17.1 Å². The molecule has 0 aliphatic heterocycles. The molecular weight excluding hydrogens is 216 g/mol. The minimum absolute atomic E-state index is 0.0250. The Kier molecular flexibility index (Phi) is 2.43. The summed E-state index contributed by atoms with van der Waals surface area (Å²) in [5.41, 5.74) is -0.978. The van der Waals surface area contributed by atoms with Crippen molar-refractivity contribution in [2.75, 3.05) is 6.61 Å². The second kappa shape index (κ2) is 3.46. The highest BCUT2D eigenvalue weighted by atomic mass is 16.3. The maximum absolute atomic E-state index is 10.9. The van der Waals surface area contributed by atoms with E-state index in [-0.39, 0.29) is 17.9 Å². The zero-order valence-electron chi connectivity index (χ0n) is 10.7. The zero-order valence-corrected chi connectivity index (χ0v) is 10.7. The molecule has 5 unspecified atom stereocenters. The van der Waals surface area contributed by atoms with Crippen LogP contribution in [0.2, 0.25) is 0 Å². The third-order valence-electron chi connectivity index (χ3n) is 6.01. The average molecular weight is 240 g/mol. The molecule has 3 rings (SSSR count). The van der Waals surface area contributed by atoms with E-state index in [4.69, 9.17) is 0 Å². The van der Waals surface area contributed by atoms with E-state index in [1.54, 1.807) is 0 Å². The summed E-state index contributed by atoms with van der Waals surface area (Å²) in [5.74, 6) is 0.108. The lowest BCUT2D eigenvalue weighted by molar-refractivity contribution is -0.191. The molecule has 3 aliphatic rings. The molecule has 0 radical (unpaired) electrons. The first-order valence-electron chi connectivity index (χ1n) is 6.96. The molecule has 3 heteroatoms. The van der Waals surface area contributed by atoms with Gasteiger partial charge < -0.3 is 15.3 Å². The van der Waals surface area contributed by atoms with Crippen molar-refractivity contribution in [1.29, 1.82) is 0 Å². The SMILES string of the molecule is CC12CCCC(O)(C1)C1CCC1(CO)C(O)C2. The molecule has 0 aromatic heterocycles. The summed E-state index contributed by atoms with van der Waals surface area (Å²) in [4.78, 5) is 0. The van der Waals surface area contributed by atoms with Gasteiger partial charge in [-0.1, -0.05) is 13.3 Å². The molecule has 2 bridgehead atoms. The van der Waals surface area contributed by atoms with Crippen molar-refractivity contribution in [1.82, 2.24) is 0 Å². The lowest BCUT2D eigenvalue weighted by Gasteiger charge is -2.56. The normalized spacial score (nSPS) is 57.9. The standard InChI is InChI=1S/C14H24O3/c1-12-4-2-5-14(17,8-12)10-3-6-13(10,9-15)11(16)7-12/h10-11,15-17H,2-9H2,1H3. The van der Waals surface area contributed by atoms with Crippen molar-refractivity contribution < 1.29 is 15.3 Å². The molecule has 17 heavy (non-hydrogen) atoms. The maximum Gasteiger partial charge on any atom is 0.0688 e. The summed E-state index contributed by atoms with van der Waals surface area (Å²) in [7, 11) is 0. The van der Waals surface area contributed by atoms with Crippen LogP contribution in [0.5, 0.6) is 0 Å². The molecule has 3 aliphatic carbocycles. The molecule has 0 amide bonds. The molecule has 3 fully saturated rings. The fraction of sp³-hybridized carbons (Fsp3) is 1.00. The Hall–Kier alpha value is -0.120. The van der Waals surface area contributed by atoms with Crippen LogP contribution in [-0.4, -0.2) is 33.6 Å². The molecular formula is C14H24O3. The monoisotopic (exact) mass is 240 g/mol. The molecule has 98 valence electrons. The summed E-state index contributed by atoms with van der Waals surface area (Å²) in [6, 6.07) is 0. The Bertz CT molecular complexity index is 327. The van der Waals surface area contributed by atoms with Crippen LogP contribution in [0.15, 0.2) is 0 Å². The average Bonchev–Trinajstić information content (AvgIpc) is 2.16. The molecule has 0 spiro atoms. The lowest BCUT2D eigenvalue weighted by atomic mass is 9.51. The van der Waals surface area contributed by atoms with Gasteiger partial charge in [0, 0.05) is 5.41 Å². The van der Waals surface area contributed by atoms with Gasteiger partial charge in [-0.2, -0.15) is 0 Å². The predicted octanol–water partition coefficient (Wildman–Crippen LogP) is 1.45. The Labute approximate surface area is 103 Å². The molecule has 0 saturated heterocycles. The molecule has 0 heterocycles. The molecule has 3 nitrogen and oxygen atoms in total. The van der Waals surface area contributed by atoms with Gasteiger partial charge >= 0.3 is 0 Å². The molecule has 3 N–H and O–H groups in total. The van der Waals surface area contributed by atoms with Crippen LogP contribution in [0.25, 0.3) is 0 Å². The van der Waals surface area contributed by atoms with Crippen LogP contribution < -0.4 is 0 Å². The first kappa shape index (κ1) is 11.9. The van der Waals surface area contributed by atoms with Crippen LogP contribution >= 0.6 is 0 Å². The zero-order chi connectivity index (χ0) is 12.3. The lowest BCUT2D eigenvalue weighted by Crippen LogP contribution is -2.59. The predicted molar refractivity (Wildman–Crippen MR) is 64.4 cm³/mol. The van der Waals surface area contributed by atoms with E-state index in [2.05, 4.69) is 6.92 Å². The highest BCUT2D eigenvalue weighted by Gasteiger charge is 2.64. The highest BCUT2D eigenvalue weighted by molar-refractivity contribution is 5.14. The number of fused-ring (bicyclic) bond motifs is 4. The molecule has 0 aromatic rings. The van der Waals surface area contributed by atoms with E-state index in [9.17, 15) is 15.3 Å². The van der Waals surface area contributed by atoms with Gasteiger partial charge in [0.25, 0.3) is 0 Å². The van der Waals surface area contributed by atoms with Crippen molar-refractivity contribution in [3.63, 3.8) is 0 Å². The third kappa shape index (κ3) is 1.45. The summed E-state index contributed by atoms with van der Waals surface area (Å²) in [5, 5.41) is 31.1. The summed E-state index contributed by atoms with van der Waals surface area (Å²) in [6.45, 7) is 2.22. The maximum atomic E-state index is 10.9. The van der Waals surface area contributed by atoms with Crippen molar-refractivity contribution in [3.05, 3.63) is 0 Å². The van der Waals surface area contributed by atoms with Crippen molar-refractivity contribution in [2.24, 2.45) is 16.7 Å². The van der Waals surface area contributed by atoms with Crippen molar-refractivity contribution in [2.45, 2.75) is 63.6 Å². The van der Waals surface area contributed by atoms with Crippen molar-refractivity contribution >= 4 is 0 Å². The molecule has 0 aromatic carbocycles. The number of hydrogen-bond donors (Lipinski definition) is 3. The fourth-order valence-electron chi connectivity index (χ4n) is 5.04. The van der Waals surface area contributed by atoms with Gasteiger partial charge in [0.05, 0.1) is 18.3 Å². The van der Waals surface area contributed by atoms with Crippen LogP contribution in [0.3, 0.4) is 0 Å². The quantitative estimate of drug-likeness (QED) is 0.650. The van der Waals surface area contributed by atoms with Gasteiger partial charge in [-0.05, 0) is 49.9 Å². The second-order valence-corrected chi connectivity index (χ2v) is 7.15. The largest absolute Gasteiger partial charge is 0.396 e. The first-order chi connectivity index (χ1) is 7.94. The van der Waals surface area contributed by atoms with Crippen molar-refractivity contribution in [3.8, 4) is 0 Å². The first-order valence-corrected chi connectivity index (χ1v) is 6.96. The minimum Gasteiger partial charge on any atom is -0.396 e. The topological polar surface area (TPSA) is 60.7 Å². The van der Waals surface area contributed by atoms with Gasteiger partial charge in [0.15, 0.2) is 0 Å². The number of rotatable bonds is 1. The van der Waals surface area contributed by atoms with E-state index in [1.807, 2.05) is 0 Å². The van der Waals surface area contributed by atoms with E-state index in [0.29, 0.717) is 0 Å².